The molecular weight excluding hydrogens is 308 g/mol. The summed E-state index contributed by atoms with van der Waals surface area (Å²) in [5.74, 6) is 0.429. The van der Waals surface area contributed by atoms with Gasteiger partial charge in [0.2, 0.25) is 0 Å². The Balaban J connectivity index is 2.65. The molecule has 0 aliphatic heterocycles. The van der Waals surface area contributed by atoms with Crippen molar-refractivity contribution in [2.75, 3.05) is 38.9 Å². The third-order valence-electron chi connectivity index (χ3n) is 2.69. The van der Waals surface area contributed by atoms with E-state index < -0.39 is 0 Å². The summed E-state index contributed by atoms with van der Waals surface area (Å²) in [6.07, 6.45) is 0. The molecule has 7 heteroatoms. The second kappa shape index (κ2) is 10.3. The van der Waals surface area contributed by atoms with Gasteiger partial charge in [0.05, 0.1) is 30.0 Å². The number of halogens is 1. The minimum absolute atomic E-state index is 0.105. The zero-order valence-corrected chi connectivity index (χ0v) is 13.9. The molecule has 0 unspecified atom stereocenters. The molecule has 0 aliphatic rings. The molecule has 6 nitrogen and oxygen atoms in total. The number of anilines is 1. The molecule has 0 saturated carbocycles. The maximum absolute atomic E-state index is 11.9. The third-order valence-corrected chi connectivity index (χ3v) is 2.99. The Bertz CT molecular complexity index is 471. The highest BCUT2D eigenvalue weighted by Crippen LogP contribution is 2.32. The van der Waals surface area contributed by atoms with Gasteiger partial charge in [0, 0.05) is 13.7 Å². The topological polar surface area (TPSA) is 68.8 Å². The fourth-order valence-corrected chi connectivity index (χ4v) is 2.00. The van der Waals surface area contributed by atoms with Gasteiger partial charge in [-0.15, -0.1) is 0 Å². The lowest BCUT2D eigenvalue weighted by Gasteiger charge is -2.16. The molecule has 0 bridgehead atoms. The largest absolute Gasteiger partial charge is 0.487 e. The lowest BCUT2D eigenvalue weighted by atomic mass is 10.3. The Morgan fingerprint density at radius 1 is 1.36 bits per heavy atom. The average molecular weight is 331 g/mol. The van der Waals surface area contributed by atoms with E-state index in [0.29, 0.717) is 42.9 Å². The van der Waals surface area contributed by atoms with Crippen molar-refractivity contribution in [2.45, 2.75) is 19.9 Å². The van der Waals surface area contributed by atoms with Gasteiger partial charge in [0.15, 0.2) is 5.75 Å². The molecule has 0 radical (unpaired) electrons. The smallest absolute Gasteiger partial charge is 0.319 e. The first kappa shape index (κ1) is 18.5. The van der Waals surface area contributed by atoms with E-state index in [4.69, 9.17) is 25.8 Å². The van der Waals surface area contributed by atoms with Crippen LogP contribution in [0.5, 0.6) is 5.75 Å². The van der Waals surface area contributed by atoms with Crippen LogP contribution in [0.1, 0.15) is 13.8 Å². The predicted octanol–water partition coefficient (Wildman–Crippen LogP) is 2.91. The molecular formula is C15H23ClN2O4. The Labute approximate surface area is 136 Å². The molecule has 0 saturated heterocycles. The normalized spacial score (nSPS) is 11.8. The van der Waals surface area contributed by atoms with Crippen molar-refractivity contribution in [2.24, 2.45) is 0 Å². The van der Waals surface area contributed by atoms with Crippen LogP contribution in [0.15, 0.2) is 18.2 Å². The van der Waals surface area contributed by atoms with Gasteiger partial charge in [-0.2, -0.15) is 0 Å². The van der Waals surface area contributed by atoms with Gasteiger partial charge in [-0.1, -0.05) is 17.7 Å². The van der Waals surface area contributed by atoms with E-state index in [0.717, 1.165) is 0 Å². The van der Waals surface area contributed by atoms with Crippen LogP contribution in [0.25, 0.3) is 0 Å². The van der Waals surface area contributed by atoms with E-state index in [2.05, 4.69) is 10.6 Å². The summed E-state index contributed by atoms with van der Waals surface area (Å²) in [6.45, 7) is 5.62. The van der Waals surface area contributed by atoms with Crippen LogP contribution in [0.2, 0.25) is 5.02 Å². The summed E-state index contributed by atoms with van der Waals surface area (Å²) < 4.78 is 15.8. The number of urea groups is 1. The van der Waals surface area contributed by atoms with E-state index in [1.54, 1.807) is 25.3 Å². The first-order valence-electron chi connectivity index (χ1n) is 7.14. The molecule has 0 aliphatic carbocycles. The average Bonchev–Trinajstić information content (AvgIpc) is 2.46. The summed E-state index contributed by atoms with van der Waals surface area (Å²) in [5, 5.41) is 5.91. The molecule has 2 N–H and O–H groups in total. The van der Waals surface area contributed by atoms with E-state index in [1.807, 2.05) is 13.8 Å². The first-order chi connectivity index (χ1) is 10.6. The second-order valence-corrected chi connectivity index (χ2v) is 5.02. The Morgan fingerprint density at radius 3 is 2.82 bits per heavy atom. The second-order valence-electron chi connectivity index (χ2n) is 4.62. The van der Waals surface area contributed by atoms with Crippen molar-refractivity contribution in [3.8, 4) is 5.75 Å². The zero-order valence-electron chi connectivity index (χ0n) is 13.1. The maximum atomic E-state index is 11.9. The molecule has 0 spiro atoms. The van der Waals surface area contributed by atoms with Crippen molar-refractivity contribution in [3.05, 3.63) is 23.2 Å². The van der Waals surface area contributed by atoms with Gasteiger partial charge in [-0.25, -0.2) is 4.79 Å². The van der Waals surface area contributed by atoms with Gasteiger partial charge >= 0.3 is 6.03 Å². The third kappa shape index (κ3) is 6.51. The number of para-hydroxylation sites is 1. The highest BCUT2D eigenvalue weighted by molar-refractivity contribution is 6.32. The van der Waals surface area contributed by atoms with E-state index in [1.165, 1.54) is 0 Å². The first-order valence-corrected chi connectivity index (χ1v) is 7.51. The number of rotatable bonds is 9. The monoisotopic (exact) mass is 330 g/mol. The molecule has 0 fully saturated rings. The van der Waals surface area contributed by atoms with Crippen molar-refractivity contribution >= 4 is 23.3 Å². The van der Waals surface area contributed by atoms with Crippen molar-refractivity contribution in [1.29, 1.82) is 0 Å². The molecule has 1 aromatic carbocycles. The molecule has 22 heavy (non-hydrogen) atoms. The van der Waals surface area contributed by atoms with E-state index in [-0.39, 0.29) is 12.1 Å². The number of amides is 2. The van der Waals surface area contributed by atoms with Gasteiger partial charge in [0.1, 0.15) is 6.61 Å². The molecule has 0 aromatic heterocycles. The van der Waals surface area contributed by atoms with Gasteiger partial charge in [-0.3, -0.25) is 0 Å². The SMILES string of the molecule is CCOCCOc1c(Cl)cccc1NC(=O)N[C@@H](C)COC. The molecule has 2 amide bonds. The van der Waals surface area contributed by atoms with Crippen LogP contribution < -0.4 is 15.4 Å². The summed E-state index contributed by atoms with van der Waals surface area (Å²) >= 11 is 6.12. The molecule has 1 aromatic rings. The number of methoxy groups -OCH3 is 1. The fraction of sp³-hybridized carbons (Fsp3) is 0.533. The highest BCUT2D eigenvalue weighted by Gasteiger charge is 2.13. The van der Waals surface area contributed by atoms with Crippen molar-refractivity contribution in [1.82, 2.24) is 5.32 Å². The lowest BCUT2D eigenvalue weighted by Crippen LogP contribution is -2.38. The van der Waals surface area contributed by atoms with Gasteiger partial charge < -0.3 is 24.8 Å². The van der Waals surface area contributed by atoms with E-state index in [9.17, 15) is 4.79 Å². The summed E-state index contributed by atoms with van der Waals surface area (Å²) in [5.41, 5.74) is 0.506. The lowest BCUT2D eigenvalue weighted by molar-refractivity contribution is 0.110. The standard InChI is InChI=1S/C15H23ClN2O4/c1-4-21-8-9-22-14-12(16)6-5-7-13(14)18-15(19)17-11(2)10-20-3/h5-7,11H,4,8-10H2,1-3H3,(H2,17,18,19)/t11-/m0/s1. The number of carbonyl (C=O) groups excluding carboxylic acids is 1. The van der Waals surface area contributed by atoms with Gasteiger partial charge in [0.25, 0.3) is 0 Å². The highest BCUT2D eigenvalue weighted by atomic mass is 35.5. The van der Waals surface area contributed by atoms with Crippen LogP contribution in [0, 0.1) is 0 Å². The zero-order chi connectivity index (χ0) is 16.4. The number of nitrogens with one attached hydrogen (secondary N) is 2. The number of hydrogen-bond donors (Lipinski definition) is 2. The van der Waals surface area contributed by atoms with Crippen LogP contribution in [0.4, 0.5) is 10.5 Å². The fourth-order valence-electron chi connectivity index (χ4n) is 1.77. The molecule has 0 heterocycles. The number of hydrogen-bond acceptors (Lipinski definition) is 4. The van der Waals surface area contributed by atoms with Crippen LogP contribution in [0.3, 0.4) is 0 Å². The van der Waals surface area contributed by atoms with Crippen LogP contribution in [-0.4, -0.2) is 45.6 Å². The maximum Gasteiger partial charge on any atom is 0.319 e. The Hall–Kier alpha value is -1.50. The van der Waals surface area contributed by atoms with Crippen LogP contribution in [-0.2, 0) is 9.47 Å². The number of carbonyl (C=O) groups is 1. The van der Waals surface area contributed by atoms with E-state index >= 15 is 0 Å². The minimum Gasteiger partial charge on any atom is -0.487 e. The van der Waals surface area contributed by atoms with Gasteiger partial charge in [-0.05, 0) is 26.0 Å². The minimum atomic E-state index is -0.346. The summed E-state index contributed by atoms with van der Waals surface area (Å²) in [7, 11) is 1.58. The molecule has 124 valence electrons. The van der Waals surface area contributed by atoms with Crippen molar-refractivity contribution in [3.63, 3.8) is 0 Å². The summed E-state index contributed by atoms with van der Waals surface area (Å²) in [6, 6.07) is 4.72. The quantitative estimate of drug-likeness (QED) is 0.683. The van der Waals surface area contributed by atoms with Crippen LogP contribution >= 0.6 is 11.6 Å². The van der Waals surface area contributed by atoms with Crippen molar-refractivity contribution < 1.29 is 19.0 Å². The molecule has 1 atom stereocenters. The molecule has 1 rings (SSSR count). The predicted molar refractivity (Wildman–Crippen MR) is 86.9 cm³/mol. The Kier molecular flexibility index (Phi) is 8.65. The summed E-state index contributed by atoms with van der Waals surface area (Å²) in [4.78, 5) is 11.9. The number of ether oxygens (including phenoxy) is 3. The Morgan fingerprint density at radius 2 is 2.14 bits per heavy atom. The number of benzene rings is 1.